The summed E-state index contributed by atoms with van der Waals surface area (Å²) in [7, 11) is 0. The van der Waals surface area contributed by atoms with E-state index in [0.29, 0.717) is 18.4 Å². The van der Waals surface area contributed by atoms with E-state index in [-0.39, 0.29) is 0 Å². The zero-order chi connectivity index (χ0) is 13.2. The van der Waals surface area contributed by atoms with Crippen molar-refractivity contribution >= 4 is 17.6 Å². The predicted octanol–water partition coefficient (Wildman–Crippen LogP) is 3.77. The molecule has 0 aromatic carbocycles. The minimum atomic E-state index is -0.393. The van der Waals surface area contributed by atoms with Crippen molar-refractivity contribution in [2.75, 3.05) is 12.5 Å². The van der Waals surface area contributed by atoms with E-state index in [0.717, 1.165) is 18.7 Å². The van der Waals surface area contributed by atoms with E-state index in [1.54, 1.807) is 6.92 Å². The van der Waals surface area contributed by atoms with Crippen molar-refractivity contribution in [3.8, 4) is 11.8 Å². The Morgan fingerprint density at radius 2 is 1.89 bits per heavy atom. The van der Waals surface area contributed by atoms with Crippen LogP contribution >= 0.6 is 11.6 Å². The first kappa shape index (κ1) is 15.4. The third-order valence-corrected chi connectivity index (χ3v) is 3.89. The van der Waals surface area contributed by atoms with E-state index >= 15 is 0 Å². The Bertz CT molecular complexity index is 303. The molecule has 2 atom stereocenters. The zero-order valence-electron chi connectivity index (χ0n) is 11.2. The monoisotopic (exact) mass is 270 g/mol. The number of halogens is 1. The van der Waals surface area contributed by atoms with Crippen molar-refractivity contribution in [1.29, 1.82) is 0 Å². The van der Waals surface area contributed by atoms with Gasteiger partial charge in [-0.15, -0.1) is 11.6 Å². The molecule has 0 aliphatic heterocycles. The zero-order valence-corrected chi connectivity index (χ0v) is 12.0. The number of ether oxygens (including phenoxy) is 1. The lowest BCUT2D eigenvalue weighted by Crippen LogP contribution is -2.03. The highest BCUT2D eigenvalue weighted by Crippen LogP contribution is 2.25. The molecule has 1 aliphatic rings. The molecule has 0 aromatic rings. The number of hydrogen-bond acceptors (Lipinski definition) is 2. The topological polar surface area (TPSA) is 26.3 Å². The van der Waals surface area contributed by atoms with Crippen molar-refractivity contribution < 1.29 is 9.53 Å². The Labute approximate surface area is 115 Å². The molecule has 0 heterocycles. The summed E-state index contributed by atoms with van der Waals surface area (Å²) in [4.78, 5) is 11.2. The van der Waals surface area contributed by atoms with Crippen LogP contribution in [0.25, 0.3) is 0 Å². The maximum Gasteiger partial charge on any atom is 0.384 e. The van der Waals surface area contributed by atoms with Gasteiger partial charge in [0, 0.05) is 17.7 Å². The van der Waals surface area contributed by atoms with Gasteiger partial charge in [0.1, 0.15) is 0 Å². The van der Waals surface area contributed by atoms with Crippen molar-refractivity contribution in [2.24, 2.45) is 11.8 Å². The van der Waals surface area contributed by atoms with Crippen LogP contribution in [0.15, 0.2) is 0 Å². The summed E-state index contributed by atoms with van der Waals surface area (Å²) in [5, 5.41) is 0. The van der Waals surface area contributed by atoms with Crippen molar-refractivity contribution in [3.05, 3.63) is 0 Å². The van der Waals surface area contributed by atoms with Crippen LogP contribution in [0.3, 0.4) is 0 Å². The molecule has 1 fully saturated rings. The number of carbonyl (C=O) groups is 1. The summed E-state index contributed by atoms with van der Waals surface area (Å²) in [6.07, 6.45) is 8.20. The lowest BCUT2D eigenvalue weighted by molar-refractivity contribution is -0.136. The molecule has 2 nitrogen and oxygen atoms in total. The second-order valence-corrected chi connectivity index (χ2v) is 5.23. The Balaban J connectivity index is 2.43. The fourth-order valence-corrected chi connectivity index (χ4v) is 2.70. The number of carbonyl (C=O) groups excluding carboxylic acids is 1. The van der Waals surface area contributed by atoms with Crippen LogP contribution in [0.4, 0.5) is 0 Å². The molecule has 1 aliphatic carbocycles. The van der Waals surface area contributed by atoms with Gasteiger partial charge >= 0.3 is 5.97 Å². The average Bonchev–Trinajstić information content (AvgIpc) is 2.48. The lowest BCUT2D eigenvalue weighted by atomic mass is 9.97. The molecule has 3 heteroatoms. The number of hydrogen-bond donors (Lipinski definition) is 0. The summed E-state index contributed by atoms with van der Waals surface area (Å²) >= 11 is 5.94. The number of rotatable bonds is 2. The standard InChI is InChI=1S/C15H23ClO2/c1-2-18-15(17)11-10-13-6-3-4-7-14(12-16)9-5-8-13/h13-14H,2-9,12H2,1H3. The molecule has 0 radical (unpaired) electrons. The second kappa shape index (κ2) is 9.28. The molecule has 0 N–H and O–H groups in total. The Morgan fingerprint density at radius 1 is 1.22 bits per heavy atom. The molecule has 0 spiro atoms. The second-order valence-electron chi connectivity index (χ2n) is 4.92. The van der Waals surface area contributed by atoms with Gasteiger partial charge in [-0.1, -0.05) is 25.2 Å². The summed E-state index contributed by atoms with van der Waals surface area (Å²) in [5.74, 6) is 7.09. The highest BCUT2D eigenvalue weighted by Gasteiger charge is 2.13. The average molecular weight is 271 g/mol. The van der Waals surface area contributed by atoms with Crippen molar-refractivity contribution in [2.45, 2.75) is 51.9 Å². The molecule has 0 aromatic heterocycles. The van der Waals surface area contributed by atoms with Gasteiger partial charge in [0.2, 0.25) is 0 Å². The van der Waals surface area contributed by atoms with Gasteiger partial charge in [-0.3, -0.25) is 0 Å². The van der Waals surface area contributed by atoms with Crippen LogP contribution < -0.4 is 0 Å². The first-order valence-corrected chi connectivity index (χ1v) is 7.54. The molecule has 1 rings (SSSR count). The third kappa shape index (κ3) is 6.31. The van der Waals surface area contributed by atoms with Gasteiger partial charge in [0.15, 0.2) is 0 Å². The van der Waals surface area contributed by atoms with Gasteiger partial charge in [-0.2, -0.15) is 0 Å². The third-order valence-electron chi connectivity index (χ3n) is 3.45. The smallest absolute Gasteiger partial charge is 0.384 e. The van der Waals surface area contributed by atoms with Gasteiger partial charge in [-0.05, 0) is 38.5 Å². The van der Waals surface area contributed by atoms with Gasteiger partial charge < -0.3 is 4.74 Å². The predicted molar refractivity (Wildman–Crippen MR) is 74.4 cm³/mol. The van der Waals surface area contributed by atoms with Crippen molar-refractivity contribution in [3.63, 3.8) is 0 Å². The van der Waals surface area contributed by atoms with E-state index in [2.05, 4.69) is 11.8 Å². The minimum absolute atomic E-state index is 0.350. The highest BCUT2D eigenvalue weighted by molar-refractivity contribution is 6.18. The van der Waals surface area contributed by atoms with E-state index < -0.39 is 5.97 Å². The largest absolute Gasteiger partial charge is 0.456 e. The van der Waals surface area contributed by atoms with Crippen LogP contribution in [0.2, 0.25) is 0 Å². The van der Waals surface area contributed by atoms with Crippen LogP contribution in [0, 0.1) is 23.7 Å². The maximum atomic E-state index is 11.2. The fourth-order valence-electron chi connectivity index (χ4n) is 2.39. The quantitative estimate of drug-likeness (QED) is 0.330. The SMILES string of the molecule is CCOC(=O)C#CC1CCCCC(CCl)CCC1. The van der Waals surface area contributed by atoms with Crippen molar-refractivity contribution in [1.82, 2.24) is 0 Å². The molecule has 2 unspecified atom stereocenters. The highest BCUT2D eigenvalue weighted by atomic mass is 35.5. The summed E-state index contributed by atoms with van der Waals surface area (Å²) in [6, 6.07) is 0. The molecule has 0 bridgehead atoms. The van der Waals surface area contributed by atoms with E-state index in [9.17, 15) is 4.79 Å². The lowest BCUT2D eigenvalue weighted by Gasteiger charge is -2.11. The Hall–Kier alpha value is -0.680. The number of alkyl halides is 1. The Kier molecular flexibility index (Phi) is 7.93. The minimum Gasteiger partial charge on any atom is -0.456 e. The number of esters is 1. The molecule has 102 valence electrons. The first-order valence-electron chi connectivity index (χ1n) is 7.00. The van der Waals surface area contributed by atoms with Gasteiger partial charge in [0.25, 0.3) is 0 Å². The van der Waals surface area contributed by atoms with Gasteiger partial charge in [-0.25, -0.2) is 4.79 Å². The molecule has 1 saturated carbocycles. The van der Waals surface area contributed by atoms with Crippen LogP contribution in [-0.2, 0) is 9.53 Å². The molecule has 18 heavy (non-hydrogen) atoms. The molecular formula is C15H23ClO2. The Morgan fingerprint density at radius 3 is 2.61 bits per heavy atom. The summed E-state index contributed by atoms with van der Waals surface area (Å²) in [6.45, 7) is 2.20. The van der Waals surface area contributed by atoms with Crippen LogP contribution in [-0.4, -0.2) is 18.5 Å². The van der Waals surface area contributed by atoms with Gasteiger partial charge in [0.05, 0.1) is 6.61 Å². The fraction of sp³-hybridized carbons (Fsp3) is 0.800. The summed E-state index contributed by atoms with van der Waals surface area (Å²) < 4.78 is 4.82. The normalized spacial score (nSPS) is 25.0. The van der Waals surface area contributed by atoms with E-state index in [1.165, 1.54) is 32.1 Å². The van der Waals surface area contributed by atoms with E-state index in [1.807, 2.05) is 0 Å². The molecule has 0 saturated heterocycles. The maximum absolute atomic E-state index is 11.2. The summed E-state index contributed by atoms with van der Waals surface area (Å²) in [5.41, 5.74) is 0. The first-order chi connectivity index (χ1) is 8.76. The molecule has 0 amide bonds. The molecular weight excluding hydrogens is 248 g/mol. The van der Waals surface area contributed by atoms with Crippen LogP contribution in [0.5, 0.6) is 0 Å². The van der Waals surface area contributed by atoms with E-state index in [4.69, 9.17) is 16.3 Å². The van der Waals surface area contributed by atoms with Crippen LogP contribution in [0.1, 0.15) is 51.9 Å².